The average Bonchev–Trinajstić information content (AvgIpc) is 2.69. The van der Waals surface area contributed by atoms with Gasteiger partial charge in [-0.3, -0.25) is 0 Å². The van der Waals surface area contributed by atoms with Crippen molar-refractivity contribution >= 4 is 7.12 Å². The lowest BCUT2D eigenvalue weighted by Gasteiger charge is -2.32. The van der Waals surface area contributed by atoms with E-state index < -0.39 is 0 Å². The van der Waals surface area contributed by atoms with Gasteiger partial charge in [0.25, 0.3) is 0 Å². The molecule has 0 unspecified atom stereocenters. The second kappa shape index (κ2) is 4.68. The number of rotatable bonds is 2. The molecule has 2 nitrogen and oxygen atoms in total. The first-order valence-corrected chi connectivity index (χ1v) is 7.23. The first-order chi connectivity index (χ1) is 8.23. The summed E-state index contributed by atoms with van der Waals surface area (Å²) in [5.41, 5.74) is 1.01. The fourth-order valence-electron chi connectivity index (χ4n) is 3.05. The lowest BCUT2D eigenvalue weighted by Crippen LogP contribution is -2.41. The second-order valence-corrected chi connectivity index (χ2v) is 7.13. The van der Waals surface area contributed by atoms with Gasteiger partial charge in [-0.2, -0.15) is 0 Å². The fraction of sp³-hybridized carbons (Fsp3) is 0.867. The molecule has 0 N–H and O–H groups in total. The lowest BCUT2D eigenvalue weighted by atomic mass is 9.66. The van der Waals surface area contributed by atoms with Crippen LogP contribution in [0.3, 0.4) is 0 Å². The van der Waals surface area contributed by atoms with Gasteiger partial charge in [0.15, 0.2) is 0 Å². The van der Waals surface area contributed by atoms with Crippen molar-refractivity contribution < 1.29 is 9.31 Å². The van der Waals surface area contributed by atoms with Crippen LogP contribution in [0.5, 0.6) is 0 Å². The first-order valence-electron chi connectivity index (χ1n) is 7.23. The smallest absolute Gasteiger partial charge is 0.403 e. The van der Waals surface area contributed by atoms with Gasteiger partial charge >= 0.3 is 7.12 Å². The zero-order valence-corrected chi connectivity index (χ0v) is 12.7. The second-order valence-electron chi connectivity index (χ2n) is 7.13. The third-order valence-electron chi connectivity index (χ3n) is 4.79. The Morgan fingerprint density at radius 2 is 1.61 bits per heavy atom. The van der Waals surface area contributed by atoms with Gasteiger partial charge in [-0.05, 0) is 53.9 Å². The molecule has 18 heavy (non-hydrogen) atoms. The number of hydrogen-bond acceptors (Lipinski definition) is 2. The summed E-state index contributed by atoms with van der Waals surface area (Å²) in [6.45, 7) is 12.9. The van der Waals surface area contributed by atoms with Crippen molar-refractivity contribution in [2.75, 3.05) is 0 Å². The maximum Gasteiger partial charge on any atom is 0.461 e. The molecule has 1 saturated heterocycles. The summed E-state index contributed by atoms with van der Waals surface area (Å²) >= 11 is 0. The van der Waals surface area contributed by atoms with Crippen molar-refractivity contribution in [2.24, 2.45) is 5.92 Å². The maximum absolute atomic E-state index is 6.21. The highest BCUT2D eigenvalue weighted by Crippen LogP contribution is 2.47. The highest BCUT2D eigenvalue weighted by Gasteiger charge is 2.55. The molecule has 2 atom stereocenters. The van der Waals surface area contributed by atoms with Crippen LogP contribution in [0.2, 0.25) is 5.82 Å². The van der Waals surface area contributed by atoms with Crippen LogP contribution in [-0.2, 0) is 9.31 Å². The summed E-state index contributed by atoms with van der Waals surface area (Å²) in [5, 5.41) is 0. The molecule has 2 aliphatic rings. The summed E-state index contributed by atoms with van der Waals surface area (Å²) < 4.78 is 12.4. The predicted octanol–water partition coefficient (Wildman–Crippen LogP) is 4.22. The van der Waals surface area contributed by atoms with Crippen LogP contribution in [0.4, 0.5) is 0 Å². The van der Waals surface area contributed by atoms with Gasteiger partial charge in [-0.25, -0.2) is 0 Å². The van der Waals surface area contributed by atoms with E-state index in [2.05, 4.69) is 47.6 Å². The van der Waals surface area contributed by atoms with Crippen LogP contribution < -0.4 is 0 Å². The van der Waals surface area contributed by atoms with Gasteiger partial charge in [-0.1, -0.05) is 24.5 Å². The van der Waals surface area contributed by atoms with E-state index in [9.17, 15) is 0 Å². The minimum atomic E-state index is -0.199. The molecule has 0 bridgehead atoms. The summed E-state index contributed by atoms with van der Waals surface area (Å²) in [6.07, 6.45) is 6.21. The molecule has 0 aromatic rings. The molecule has 0 aromatic carbocycles. The van der Waals surface area contributed by atoms with E-state index in [1.165, 1.54) is 24.8 Å². The maximum atomic E-state index is 6.21. The molecule has 2 fully saturated rings. The van der Waals surface area contributed by atoms with Crippen molar-refractivity contribution in [3.63, 3.8) is 0 Å². The van der Waals surface area contributed by atoms with E-state index in [1.807, 2.05) is 0 Å². The van der Waals surface area contributed by atoms with Gasteiger partial charge < -0.3 is 9.31 Å². The molecular formula is C15H27BO2. The predicted molar refractivity (Wildman–Crippen MR) is 76.6 cm³/mol. The van der Waals surface area contributed by atoms with Crippen LogP contribution in [0.15, 0.2) is 11.6 Å². The summed E-state index contributed by atoms with van der Waals surface area (Å²) in [7, 11) is -0.0295. The van der Waals surface area contributed by atoms with Crippen molar-refractivity contribution in [1.82, 2.24) is 0 Å². The van der Waals surface area contributed by atoms with Crippen LogP contribution in [0, 0.1) is 5.92 Å². The van der Waals surface area contributed by atoms with Crippen molar-refractivity contribution in [3.8, 4) is 0 Å². The summed E-state index contributed by atoms with van der Waals surface area (Å²) in [5.74, 6) is 1.16. The van der Waals surface area contributed by atoms with E-state index in [1.54, 1.807) is 0 Å². The Bertz CT molecular complexity index is 326. The highest BCUT2D eigenvalue weighted by molar-refractivity contribution is 6.47. The first kappa shape index (κ1) is 14.1. The Morgan fingerprint density at radius 1 is 1.06 bits per heavy atom. The van der Waals surface area contributed by atoms with E-state index in [0.29, 0.717) is 11.7 Å². The molecule has 1 saturated carbocycles. The van der Waals surface area contributed by atoms with E-state index in [4.69, 9.17) is 9.31 Å². The van der Waals surface area contributed by atoms with Crippen LogP contribution in [0.1, 0.15) is 60.8 Å². The Morgan fingerprint density at radius 3 is 2.11 bits per heavy atom. The van der Waals surface area contributed by atoms with Gasteiger partial charge in [-0.15, -0.1) is 0 Å². The Kier molecular flexibility index (Phi) is 3.68. The molecule has 3 heteroatoms. The minimum Gasteiger partial charge on any atom is -0.403 e. The van der Waals surface area contributed by atoms with Gasteiger partial charge in [0.1, 0.15) is 0 Å². The molecule has 2 rings (SSSR count). The molecule has 1 aliphatic heterocycles. The molecule has 102 valence electrons. The normalized spacial score (nSPS) is 33.8. The summed E-state index contributed by atoms with van der Waals surface area (Å²) in [6, 6.07) is 0. The lowest BCUT2D eigenvalue weighted by molar-refractivity contribution is 0.00578. The zero-order valence-electron chi connectivity index (χ0n) is 12.7. The Labute approximate surface area is 112 Å². The van der Waals surface area contributed by atoms with Crippen LogP contribution in [0.25, 0.3) is 0 Å². The average molecular weight is 250 g/mol. The molecule has 0 aromatic heterocycles. The molecule has 1 aliphatic carbocycles. The molecular weight excluding hydrogens is 223 g/mol. The third kappa shape index (κ3) is 2.53. The fourth-order valence-corrected chi connectivity index (χ4v) is 3.05. The Balaban J connectivity index is 2.12. The monoisotopic (exact) mass is 250 g/mol. The topological polar surface area (TPSA) is 18.5 Å². The molecule has 0 radical (unpaired) electrons. The summed E-state index contributed by atoms with van der Waals surface area (Å²) in [4.78, 5) is 0. The third-order valence-corrected chi connectivity index (χ3v) is 4.79. The van der Waals surface area contributed by atoms with E-state index in [0.717, 1.165) is 0 Å². The van der Waals surface area contributed by atoms with Crippen molar-refractivity contribution in [3.05, 3.63) is 11.6 Å². The van der Waals surface area contributed by atoms with Crippen LogP contribution in [-0.4, -0.2) is 18.3 Å². The van der Waals surface area contributed by atoms with Gasteiger partial charge in [0.05, 0.1) is 11.2 Å². The molecule has 0 amide bonds. The van der Waals surface area contributed by atoms with Crippen molar-refractivity contribution in [2.45, 2.75) is 77.8 Å². The zero-order chi connectivity index (χ0) is 13.6. The minimum absolute atomic E-state index is 0.0295. The quantitative estimate of drug-likeness (QED) is 0.539. The van der Waals surface area contributed by atoms with Crippen molar-refractivity contribution in [1.29, 1.82) is 0 Å². The highest BCUT2D eigenvalue weighted by atomic mass is 16.7. The number of hydrogen-bond donors (Lipinski definition) is 0. The van der Waals surface area contributed by atoms with E-state index >= 15 is 0 Å². The Hall–Kier alpha value is -0.275. The SMILES string of the molecule is CC(C)=C[C@@H]1CCC[C@@H]1B1OC(C)(C)C(C)(C)O1. The van der Waals surface area contributed by atoms with Gasteiger partial charge in [0.2, 0.25) is 0 Å². The largest absolute Gasteiger partial charge is 0.461 e. The molecule has 0 spiro atoms. The molecule has 1 heterocycles. The standard InChI is InChI=1S/C15H27BO2/c1-11(2)10-12-8-7-9-13(12)16-17-14(3,4)15(5,6)18-16/h10,12-13H,7-9H2,1-6H3/t12-,13-/m0/s1. The number of allylic oxidation sites excluding steroid dienone is 2. The van der Waals surface area contributed by atoms with Gasteiger partial charge in [0, 0.05) is 5.82 Å². The van der Waals surface area contributed by atoms with Crippen LogP contribution >= 0.6 is 0 Å². The van der Waals surface area contributed by atoms with E-state index in [-0.39, 0.29) is 18.3 Å².